The van der Waals surface area contributed by atoms with Crippen molar-refractivity contribution in [3.05, 3.63) is 267 Å². The summed E-state index contributed by atoms with van der Waals surface area (Å²) in [5, 5.41) is 9.76. The molecule has 0 amide bonds. The molecule has 0 fully saturated rings. The Morgan fingerprint density at radius 1 is 0.297 bits per heavy atom. The molecular weight excluding hydrogens is 1250 g/mol. The number of esters is 2. The van der Waals surface area contributed by atoms with E-state index in [2.05, 4.69) is 281 Å². The van der Waals surface area contributed by atoms with Crippen molar-refractivity contribution in [2.24, 2.45) is 0 Å². The van der Waals surface area contributed by atoms with Gasteiger partial charge in [0.25, 0.3) is 6.29 Å². The van der Waals surface area contributed by atoms with Gasteiger partial charge in [-0.3, -0.25) is 9.59 Å². The molecule has 0 spiro atoms. The quantitative estimate of drug-likeness (QED) is 0.0211. The fraction of sp³-hybridized carbons (Fsp3) is 0.489. The lowest BCUT2D eigenvalue weighted by Gasteiger charge is -2.25. The van der Waals surface area contributed by atoms with Crippen molar-refractivity contribution in [3.63, 3.8) is 0 Å². The van der Waals surface area contributed by atoms with E-state index in [-0.39, 0.29) is 38.6 Å². The maximum atomic E-state index is 13.0. The summed E-state index contributed by atoms with van der Waals surface area (Å²) >= 11 is 0. The van der Waals surface area contributed by atoms with Crippen LogP contribution in [0, 0.1) is 0 Å². The molecule has 2 unspecified atom stereocenters. The van der Waals surface area contributed by atoms with E-state index in [1.54, 1.807) is 0 Å². The van der Waals surface area contributed by atoms with Crippen molar-refractivity contribution in [2.75, 3.05) is 47.5 Å². The molecular formula is C92H138NO8+. The minimum Gasteiger partial charge on any atom is -0.477 e. The summed E-state index contributed by atoms with van der Waals surface area (Å²) in [6, 6.07) is 0. The second-order valence-electron chi connectivity index (χ2n) is 25.5. The average Bonchev–Trinajstić information content (AvgIpc) is 1.21. The lowest BCUT2D eigenvalue weighted by Crippen LogP contribution is -2.40. The highest BCUT2D eigenvalue weighted by atomic mass is 16.7. The van der Waals surface area contributed by atoms with Crippen molar-refractivity contribution >= 4 is 17.9 Å². The van der Waals surface area contributed by atoms with Gasteiger partial charge in [-0.15, -0.1) is 0 Å². The summed E-state index contributed by atoms with van der Waals surface area (Å²) in [5.74, 6) is -2.12. The first-order valence-corrected chi connectivity index (χ1v) is 38.5. The van der Waals surface area contributed by atoms with Gasteiger partial charge in [-0.05, 0) is 180 Å². The highest BCUT2D eigenvalue weighted by Gasteiger charge is 2.25. The van der Waals surface area contributed by atoms with E-state index in [4.69, 9.17) is 18.9 Å². The summed E-state index contributed by atoms with van der Waals surface area (Å²) in [7, 11) is 5.94. The van der Waals surface area contributed by atoms with Crippen molar-refractivity contribution in [2.45, 2.75) is 245 Å². The number of hydrogen-bond donors (Lipinski definition) is 1. The van der Waals surface area contributed by atoms with Crippen LogP contribution >= 0.6 is 0 Å². The van der Waals surface area contributed by atoms with Crippen molar-refractivity contribution in [1.82, 2.24) is 0 Å². The molecule has 0 heterocycles. The van der Waals surface area contributed by atoms with E-state index in [0.717, 1.165) is 193 Å². The molecule has 0 aliphatic heterocycles. The Morgan fingerprint density at radius 3 is 0.812 bits per heavy atom. The summed E-state index contributed by atoms with van der Waals surface area (Å²) in [6.45, 7) is 4.54. The molecule has 0 saturated carbocycles. The number of carbonyl (C=O) groups is 3. The first-order chi connectivity index (χ1) is 49.6. The molecule has 0 radical (unpaired) electrons. The summed E-state index contributed by atoms with van der Waals surface area (Å²) in [5.41, 5.74) is 0. The van der Waals surface area contributed by atoms with Crippen molar-refractivity contribution < 1.29 is 42.9 Å². The predicted octanol–water partition coefficient (Wildman–Crippen LogP) is 25.1. The Balaban J connectivity index is 4.31. The van der Waals surface area contributed by atoms with Crippen LogP contribution in [0.4, 0.5) is 0 Å². The number of carboxylic acid groups (broad SMARTS) is 1. The summed E-state index contributed by atoms with van der Waals surface area (Å²) < 4.78 is 22.9. The standard InChI is InChI=1S/C92H137NO8/c1-6-8-10-12-14-16-18-20-22-24-26-28-30-32-34-36-38-40-42-44-45-47-49-51-53-55-57-59-61-63-65-67-69-71-73-75-77-79-81-83-90(95)101-88(87-100-92(91(96)97)98-85-84-93(3,4)5)86-99-89(94)82-80-78-76-74-72-70-68-66-64-62-60-58-56-54-52-50-48-46-43-41-39-37-35-33-31-29-27-25-23-21-19-17-15-13-11-9-7-2/h8-11,14-17,20-23,26-29,32-35,38-41,44-46,48-49,51-52,54-55,57-58,60-61,63-64,66-67,69,73,75,88,92H,6-7,12-13,18-19,24-25,30-31,36-37,42-43,47,50,53,56,59,62,65,68,70-72,74,76-87H2,1-5H3/p+1/b10-8-,11-9-,16-14-,17-15-,22-20-,23-21-,28-26-,29-27-,34-32-,35-33-,40-38-,41-39-,45-44-,48-46-,51-49-,54-52-,57-55-,60-58-,63-61-,66-64-,69-67-,75-73-. The number of aliphatic carboxylic acids is 1. The number of likely N-dealkylation sites (N-methyl/N-ethyl adjacent to an activating group) is 1. The van der Waals surface area contributed by atoms with Gasteiger partial charge in [0.15, 0.2) is 6.10 Å². The van der Waals surface area contributed by atoms with Crippen LogP contribution in [0.25, 0.3) is 0 Å². The number of hydrogen-bond acceptors (Lipinski definition) is 7. The van der Waals surface area contributed by atoms with Gasteiger partial charge >= 0.3 is 17.9 Å². The van der Waals surface area contributed by atoms with Crippen LogP contribution in [0.3, 0.4) is 0 Å². The number of ether oxygens (including phenoxy) is 4. The zero-order valence-electron chi connectivity index (χ0n) is 63.7. The molecule has 9 heteroatoms. The van der Waals surface area contributed by atoms with E-state index in [0.29, 0.717) is 23.9 Å². The van der Waals surface area contributed by atoms with Gasteiger partial charge < -0.3 is 28.5 Å². The maximum Gasteiger partial charge on any atom is 0.361 e. The summed E-state index contributed by atoms with van der Waals surface area (Å²) in [4.78, 5) is 37.7. The van der Waals surface area contributed by atoms with Gasteiger partial charge in [-0.25, -0.2) is 4.79 Å². The van der Waals surface area contributed by atoms with Crippen LogP contribution in [0.5, 0.6) is 0 Å². The molecule has 0 aromatic carbocycles. The second kappa shape index (κ2) is 78.3. The third-order valence-corrected chi connectivity index (χ3v) is 15.0. The lowest BCUT2D eigenvalue weighted by atomic mass is 10.1. The van der Waals surface area contributed by atoms with E-state index < -0.39 is 24.3 Å². The highest BCUT2D eigenvalue weighted by molar-refractivity contribution is 5.71. The molecule has 0 aliphatic rings. The second-order valence-corrected chi connectivity index (χ2v) is 25.5. The number of unbranched alkanes of at least 4 members (excludes halogenated alkanes) is 8. The predicted molar refractivity (Wildman–Crippen MR) is 436 cm³/mol. The SMILES string of the molecule is CC/C=C\C/C=C\C/C=C\C/C=C\C/C=C\C/C=C\C/C=C\C/C=C\C/C=C\C/C=C\C/C=C\C/C=C\CCCCC(=O)OC(COC(=O)CCCCCCCC/C=C\C/C=C\C/C=C\C/C=C\C/C=C\C/C=C\C/C=C\C/C=C\C/C=C\C/C=C\CC)COC(OCC[N+](C)(C)C)C(=O)O. The van der Waals surface area contributed by atoms with Crippen LogP contribution in [0.2, 0.25) is 0 Å². The Morgan fingerprint density at radius 2 is 0.535 bits per heavy atom. The molecule has 0 aromatic heterocycles. The maximum absolute atomic E-state index is 13.0. The van der Waals surface area contributed by atoms with Gasteiger partial charge in [0, 0.05) is 12.8 Å². The number of allylic oxidation sites excluding steroid dienone is 44. The summed E-state index contributed by atoms with van der Waals surface area (Å²) in [6.07, 6.45) is 126. The van der Waals surface area contributed by atoms with Crippen LogP contribution < -0.4 is 0 Å². The number of quaternary nitrogens is 1. The monoisotopic (exact) mass is 1390 g/mol. The van der Waals surface area contributed by atoms with Crippen LogP contribution in [0.15, 0.2) is 267 Å². The van der Waals surface area contributed by atoms with Gasteiger partial charge in [0.1, 0.15) is 13.2 Å². The number of nitrogens with zero attached hydrogens (tertiary/aromatic N) is 1. The Bertz CT molecular complexity index is 2670. The third kappa shape index (κ3) is 79.8. The highest BCUT2D eigenvalue weighted by Crippen LogP contribution is 2.13. The zero-order chi connectivity index (χ0) is 73.2. The van der Waals surface area contributed by atoms with Crippen molar-refractivity contribution in [1.29, 1.82) is 0 Å². The Labute approximate surface area is 616 Å². The smallest absolute Gasteiger partial charge is 0.361 e. The number of rotatable bonds is 67. The molecule has 1 N–H and O–H groups in total. The van der Waals surface area contributed by atoms with E-state index in [1.807, 2.05) is 21.1 Å². The lowest BCUT2D eigenvalue weighted by molar-refractivity contribution is -0.870. The average molecular weight is 1390 g/mol. The van der Waals surface area contributed by atoms with Crippen LogP contribution in [-0.2, 0) is 33.3 Å². The van der Waals surface area contributed by atoms with Crippen LogP contribution in [0.1, 0.15) is 232 Å². The number of carboxylic acids is 1. The molecule has 2 atom stereocenters. The molecule has 0 aliphatic carbocycles. The molecule has 0 saturated heterocycles. The first-order valence-electron chi connectivity index (χ1n) is 38.5. The molecule has 558 valence electrons. The topological polar surface area (TPSA) is 108 Å². The molecule has 101 heavy (non-hydrogen) atoms. The van der Waals surface area contributed by atoms with Gasteiger partial charge in [0.2, 0.25) is 0 Å². The van der Waals surface area contributed by atoms with Gasteiger partial charge in [-0.2, -0.15) is 0 Å². The van der Waals surface area contributed by atoms with Gasteiger partial charge in [-0.1, -0.05) is 307 Å². The Kier molecular flexibility index (Phi) is 72.5. The zero-order valence-corrected chi connectivity index (χ0v) is 63.7. The molecule has 0 rings (SSSR count). The van der Waals surface area contributed by atoms with Crippen LogP contribution in [-0.4, -0.2) is 87.4 Å². The van der Waals surface area contributed by atoms with E-state index in [9.17, 15) is 19.5 Å². The van der Waals surface area contributed by atoms with E-state index in [1.165, 1.54) is 0 Å². The fourth-order valence-corrected chi connectivity index (χ4v) is 9.20. The number of carbonyl (C=O) groups excluding carboxylic acids is 2. The molecule has 9 nitrogen and oxygen atoms in total. The fourth-order valence-electron chi connectivity index (χ4n) is 9.20. The van der Waals surface area contributed by atoms with Crippen molar-refractivity contribution in [3.8, 4) is 0 Å². The Hall–Kier alpha value is -7.43. The third-order valence-electron chi connectivity index (χ3n) is 15.0. The largest absolute Gasteiger partial charge is 0.477 e. The van der Waals surface area contributed by atoms with Gasteiger partial charge in [0.05, 0.1) is 34.4 Å². The normalized spacial score (nSPS) is 14.2. The molecule has 0 bridgehead atoms. The van der Waals surface area contributed by atoms with E-state index >= 15 is 0 Å². The minimum absolute atomic E-state index is 0.161. The first kappa shape index (κ1) is 93.6. The molecule has 0 aromatic rings. The minimum atomic E-state index is -1.55.